The number of thiophene rings is 1. The zero-order valence-corrected chi connectivity index (χ0v) is 17.8. The number of carbonyl (C=O) groups excluding carboxylic acids is 3. The number of thioether (sulfide) groups is 1. The average Bonchev–Trinajstić information content (AvgIpc) is 3.13. The first-order chi connectivity index (χ1) is 13.9. The Morgan fingerprint density at radius 3 is 2.66 bits per heavy atom. The first kappa shape index (κ1) is 21.8. The van der Waals surface area contributed by atoms with Crippen LogP contribution in [0.3, 0.4) is 0 Å². The molecule has 3 atom stereocenters. The maximum Gasteiger partial charge on any atom is 0.328 e. The molecule has 8 nitrogen and oxygen atoms in total. The van der Waals surface area contributed by atoms with Crippen LogP contribution in [0.1, 0.15) is 37.5 Å². The molecule has 0 bridgehead atoms. The normalized spacial score (nSPS) is 23.8. The Balaban J connectivity index is 1.74. The van der Waals surface area contributed by atoms with E-state index in [1.807, 2.05) is 17.5 Å². The van der Waals surface area contributed by atoms with Crippen molar-refractivity contribution >= 4 is 46.0 Å². The van der Waals surface area contributed by atoms with Crippen molar-refractivity contribution in [1.82, 2.24) is 15.3 Å². The minimum absolute atomic E-state index is 0.165. The van der Waals surface area contributed by atoms with Crippen molar-refractivity contribution in [1.29, 1.82) is 0 Å². The number of hydrogen-bond donors (Lipinski definition) is 2. The van der Waals surface area contributed by atoms with E-state index in [2.05, 4.69) is 5.32 Å². The monoisotopic (exact) mass is 439 g/mol. The van der Waals surface area contributed by atoms with E-state index >= 15 is 0 Å². The highest BCUT2D eigenvalue weighted by Crippen LogP contribution is 2.25. The summed E-state index contributed by atoms with van der Waals surface area (Å²) in [5, 5.41) is 16.6. The highest BCUT2D eigenvalue weighted by molar-refractivity contribution is 8.14. The lowest BCUT2D eigenvalue weighted by Crippen LogP contribution is -2.61. The van der Waals surface area contributed by atoms with Crippen LogP contribution in [-0.4, -0.2) is 68.4 Å². The number of rotatable bonds is 6. The summed E-state index contributed by atoms with van der Waals surface area (Å²) in [5.74, 6) is -1.78. The molecule has 1 aromatic rings. The van der Waals surface area contributed by atoms with Crippen LogP contribution in [0.4, 0.5) is 0 Å². The molecule has 2 saturated heterocycles. The number of carbonyl (C=O) groups is 4. The number of carboxylic acid groups (broad SMARTS) is 1. The Labute approximate surface area is 177 Å². The van der Waals surface area contributed by atoms with Gasteiger partial charge in [0.25, 0.3) is 5.91 Å². The fourth-order valence-corrected chi connectivity index (χ4v) is 5.49. The molecule has 1 aromatic heterocycles. The van der Waals surface area contributed by atoms with Crippen molar-refractivity contribution in [3.63, 3.8) is 0 Å². The van der Waals surface area contributed by atoms with Crippen LogP contribution in [0.15, 0.2) is 17.5 Å². The molecule has 3 heterocycles. The number of amides is 2. The Morgan fingerprint density at radius 2 is 2.03 bits per heavy atom. The molecule has 2 fully saturated rings. The molecule has 0 aromatic carbocycles. The van der Waals surface area contributed by atoms with Crippen molar-refractivity contribution in [3.05, 3.63) is 22.4 Å². The van der Waals surface area contributed by atoms with Gasteiger partial charge >= 0.3 is 5.97 Å². The lowest BCUT2D eigenvalue weighted by Gasteiger charge is -2.42. The highest BCUT2D eigenvalue weighted by atomic mass is 32.2. The SMILES string of the molecule is CC(=O)S[C@@H](Cc1cccs1)C(=O)N[C@H]1CCCN2CCC[C@@H](C(=O)O)N2C1=O. The Bertz CT molecular complexity index is 770. The third kappa shape index (κ3) is 5.37. The standard InChI is InChI=1S/C19H25N3O5S2/c1-12(23)29-16(11-13-5-4-10-28-13)17(24)20-14-6-2-8-21-9-3-7-15(19(26)27)22(21)18(14)25/h4-5,10,14-16H,2-3,6-9,11H2,1H3,(H,20,24)(H,26,27)/t14-,15-,16-/m0/s1. The van der Waals surface area contributed by atoms with Crippen LogP contribution >= 0.6 is 23.1 Å². The summed E-state index contributed by atoms with van der Waals surface area (Å²) in [6.45, 7) is 2.64. The molecule has 0 unspecified atom stereocenters. The lowest BCUT2D eigenvalue weighted by molar-refractivity contribution is -0.174. The van der Waals surface area contributed by atoms with E-state index in [4.69, 9.17) is 0 Å². The van der Waals surface area contributed by atoms with Gasteiger partial charge in [0, 0.05) is 31.3 Å². The predicted molar refractivity (Wildman–Crippen MR) is 110 cm³/mol. The molecule has 0 radical (unpaired) electrons. The Hall–Kier alpha value is -1.91. The number of hydrazine groups is 1. The van der Waals surface area contributed by atoms with Crippen molar-refractivity contribution < 1.29 is 24.3 Å². The molecule has 2 amide bonds. The van der Waals surface area contributed by atoms with Crippen LogP contribution in [-0.2, 0) is 25.6 Å². The summed E-state index contributed by atoms with van der Waals surface area (Å²) in [5.41, 5.74) is 0. The number of nitrogens with zero attached hydrogens (tertiary/aromatic N) is 2. The van der Waals surface area contributed by atoms with Crippen LogP contribution in [0.5, 0.6) is 0 Å². The van der Waals surface area contributed by atoms with E-state index in [0.717, 1.165) is 23.1 Å². The summed E-state index contributed by atoms with van der Waals surface area (Å²) >= 11 is 2.47. The zero-order chi connectivity index (χ0) is 21.0. The van der Waals surface area contributed by atoms with E-state index in [1.54, 1.807) is 5.01 Å². The molecular formula is C19H25N3O5S2. The van der Waals surface area contributed by atoms with Gasteiger partial charge in [-0.1, -0.05) is 17.8 Å². The summed E-state index contributed by atoms with van der Waals surface area (Å²) in [6, 6.07) is 2.11. The van der Waals surface area contributed by atoms with Gasteiger partial charge in [-0.15, -0.1) is 11.3 Å². The molecule has 3 rings (SSSR count). The van der Waals surface area contributed by atoms with Crippen LogP contribution in [0, 0.1) is 0 Å². The summed E-state index contributed by atoms with van der Waals surface area (Å²) in [7, 11) is 0. The average molecular weight is 440 g/mol. The topological polar surface area (TPSA) is 107 Å². The number of fused-ring (bicyclic) bond motifs is 1. The second-order valence-corrected chi connectivity index (χ2v) is 9.63. The van der Waals surface area contributed by atoms with Gasteiger partial charge < -0.3 is 10.4 Å². The minimum atomic E-state index is -1.03. The van der Waals surface area contributed by atoms with Crippen LogP contribution < -0.4 is 5.32 Å². The molecule has 29 heavy (non-hydrogen) atoms. The highest BCUT2D eigenvalue weighted by Gasteiger charge is 2.42. The van der Waals surface area contributed by atoms with Crippen LogP contribution in [0.25, 0.3) is 0 Å². The van der Waals surface area contributed by atoms with E-state index < -0.39 is 23.3 Å². The van der Waals surface area contributed by atoms with Gasteiger partial charge in [-0.05, 0) is 37.1 Å². The number of carboxylic acids is 1. The molecule has 2 aliphatic heterocycles. The van der Waals surface area contributed by atoms with E-state index in [9.17, 15) is 24.3 Å². The second-order valence-electron chi connectivity index (χ2n) is 7.22. The lowest BCUT2D eigenvalue weighted by atomic mass is 10.1. The molecular weight excluding hydrogens is 414 g/mol. The minimum Gasteiger partial charge on any atom is -0.480 e. The van der Waals surface area contributed by atoms with Crippen LogP contribution in [0.2, 0.25) is 0 Å². The first-order valence-corrected chi connectivity index (χ1v) is 11.4. The first-order valence-electron chi connectivity index (χ1n) is 9.67. The molecule has 2 aliphatic rings. The van der Waals surface area contributed by atoms with Gasteiger partial charge in [-0.3, -0.25) is 19.4 Å². The van der Waals surface area contributed by atoms with Crippen molar-refractivity contribution in [2.24, 2.45) is 0 Å². The molecule has 0 saturated carbocycles. The second kappa shape index (κ2) is 9.73. The maximum absolute atomic E-state index is 13.1. The molecule has 158 valence electrons. The van der Waals surface area contributed by atoms with Crippen molar-refractivity contribution in [2.45, 2.75) is 56.4 Å². The number of hydrogen-bond acceptors (Lipinski definition) is 7. The third-order valence-corrected chi connectivity index (χ3v) is 6.99. The molecule has 0 spiro atoms. The number of nitrogens with one attached hydrogen (secondary N) is 1. The van der Waals surface area contributed by atoms with Gasteiger partial charge in [0.2, 0.25) is 5.91 Å². The van der Waals surface area contributed by atoms with Gasteiger partial charge in [0.15, 0.2) is 5.12 Å². The third-order valence-electron chi connectivity index (χ3n) is 5.10. The fourth-order valence-electron chi connectivity index (χ4n) is 3.79. The van der Waals surface area contributed by atoms with E-state index in [1.165, 1.54) is 23.3 Å². The summed E-state index contributed by atoms with van der Waals surface area (Å²) < 4.78 is 0. The Morgan fingerprint density at radius 1 is 1.31 bits per heavy atom. The van der Waals surface area contributed by atoms with Gasteiger partial charge in [0.1, 0.15) is 12.1 Å². The smallest absolute Gasteiger partial charge is 0.328 e. The van der Waals surface area contributed by atoms with Gasteiger partial charge in [0.05, 0.1) is 5.25 Å². The molecule has 10 heteroatoms. The quantitative estimate of drug-likeness (QED) is 0.692. The molecule has 2 N–H and O–H groups in total. The fraction of sp³-hybridized carbons (Fsp3) is 0.579. The van der Waals surface area contributed by atoms with E-state index in [-0.39, 0.29) is 16.9 Å². The van der Waals surface area contributed by atoms with Crippen molar-refractivity contribution in [2.75, 3.05) is 13.1 Å². The Kier molecular flexibility index (Phi) is 7.31. The number of aliphatic carboxylic acids is 1. The largest absolute Gasteiger partial charge is 0.480 e. The maximum atomic E-state index is 13.1. The summed E-state index contributed by atoms with van der Waals surface area (Å²) in [6.07, 6.45) is 2.65. The van der Waals surface area contributed by atoms with E-state index in [0.29, 0.717) is 38.8 Å². The predicted octanol–water partition coefficient (Wildman–Crippen LogP) is 1.51. The van der Waals surface area contributed by atoms with Crippen molar-refractivity contribution in [3.8, 4) is 0 Å². The summed E-state index contributed by atoms with van der Waals surface area (Å²) in [4.78, 5) is 50.3. The zero-order valence-electron chi connectivity index (χ0n) is 16.2. The van der Waals surface area contributed by atoms with Gasteiger partial charge in [-0.25, -0.2) is 9.80 Å². The molecule has 0 aliphatic carbocycles. The van der Waals surface area contributed by atoms with Gasteiger partial charge in [-0.2, -0.15) is 0 Å².